The maximum atomic E-state index is 11.1. The van der Waals surface area contributed by atoms with Gasteiger partial charge in [0.2, 0.25) is 5.91 Å². The zero-order valence-corrected chi connectivity index (χ0v) is 10.7. The molecular weight excluding hydrogens is 321 g/mol. The van der Waals surface area contributed by atoms with Crippen molar-refractivity contribution in [3.05, 3.63) is 35.9 Å². The Hall–Kier alpha value is -1.11. The highest BCUT2D eigenvalue weighted by Gasteiger charge is 2.19. The largest absolute Gasteiger partial charge is 0.480 e. The number of nitrogens with one attached hydrogen (secondary N) is 1. The van der Waals surface area contributed by atoms with Gasteiger partial charge < -0.3 is 10.4 Å². The molecule has 16 heavy (non-hydrogen) atoms. The first kappa shape index (κ1) is 13.0. The number of alkyl halides is 1. The fourth-order valence-electron chi connectivity index (χ4n) is 1.28. The second kappa shape index (κ2) is 6.47. The molecule has 1 atom stereocenters. The summed E-state index contributed by atoms with van der Waals surface area (Å²) in [5, 5.41) is 11.4. The van der Waals surface area contributed by atoms with E-state index < -0.39 is 12.0 Å². The van der Waals surface area contributed by atoms with Crippen LogP contribution in [0.1, 0.15) is 5.56 Å². The maximum Gasteiger partial charge on any atom is 0.326 e. The van der Waals surface area contributed by atoms with Crippen molar-refractivity contribution in [1.29, 1.82) is 0 Å². The van der Waals surface area contributed by atoms with Gasteiger partial charge in [0.15, 0.2) is 0 Å². The Morgan fingerprint density at radius 1 is 1.31 bits per heavy atom. The highest BCUT2D eigenvalue weighted by molar-refractivity contribution is 14.1. The minimum atomic E-state index is -1.01. The van der Waals surface area contributed by atoms with Crippen molar-refractivity contribution in [2.45, 2.75) is 12.5 Å². The Balaban J connectivity index is 2.65. The number of benzene rings is 1. The molecule has 1 aromatic carbocycles. The Morgan fingerprint density at radius 3 is 2.44 bits per heavy atom. The van der Waals surface area contributed by atoms with E-state index in [0.29, 0.717) is 6.42 Å². The topological polar surface area (TPSA) is 66.4 Å². The van der Waals surface area contributed by atoms with Gasteiger partial charge in [-0.15, -0.1) is 0 Å². The van der Waals surface area contributed by atoms with E-state index in [4.69, 9.17) is 5.11 Å². The van der Waals surface area contributed by atoms with Crippen LogP contribution in [-0.4, -0.2) is 27.5 Å². The van der Waals surface area contributed by atoms with Crippen molar-refractivity contribution >= 4 is 34.5 Å². The van der Waals surface area contributed by atoms with E-state index >= 15 is 0 Å². The van der Waals surface area contributed by atoms with Crippen LogP contribution in [0.3, 0.4) is 0 Å². The molecule has 0 heterocycles. The lowest BCUT2D eigenvalue weighted by Crippen LogP contribution is -2.42. The fourth-order valence-corrected chi connectivity index (χ4v) is 1.50. The summed E-state index contributed by atoms with van der Waals surface area (Å²) in [7, 11) is 0. The molecule has 0 saturated heterocycles. The summed E-state index contributed by atoms with van der Waals surface area (Å²) in [6, 6.07) is 8.37. The Labute approximate surface area is 107 Å². The van der Waals surface area contributed by atoms with Gasteiger partial charge in [0.1, 0.15) is 6.04 Å². The van der Waals surface area contributed by atoms with Crippen molar-refractivity contribution in [2.75, 3.05) is 4.43 Å². The molecule has 1 rings (SSSR count). The first-order valence-electron chi connectivity index (χ1n) is 4.75. The maximum absolute atomic E-state index is 11.1. The number of hydrogen-bond donors (Lipinski definition) is 2. The van der Waals surface area contributed by atoms with Crippen molar-refractivity contribution in [3.8, 4) is 0 Å². The Bertz CT molecular complexity index is 367. The summed E-state index contributed by atoms with van der Waals surface area (Å²) in [5.41, 5.74) is 0.892. The van der Waals surface area contributed by atoms with Crippen LogP contribution in [0.4, 0.5) is 0 Å². The number of carbonyl (C=O) groups excluding carboxylic acids is 1. The molecule has 1 aromatic rings. The third-order valence-electron chi connectivity index (χ3n) is 2.04. The summed E-state index contributed by atoms with van der Waals surface area (Å²) in [5.74, 6) is -1.27. The number of hydrogen-bond acceptors (Lipinski definition) is 2. The highest BCUT2D eigenvalue weighted by Crippen LogP contribution is 2.03. The van der Waals surface area contributed by atoms with Crippen LogP contribution in [0.2, 0.25) is 0 Å². The second-order valence-corrected chi connectivity index (χ2v) is 4.04. The third kappa shape index (κ3) is 4.18. The molecular formula is C11H12INO3. The molecule has 0 unspecified atom stereocenters. The molecule has 4 nitrogen and oxygen atoms in total. The van der Waals surface area contributed by atoms with E-state index in [-0.39, 0.29) is 10.3 Å². The number of carboxylic acids is 1. The number of carboxylic acid groups (broad SMARTS) is 1. The third-order valence-corrected chi connectivity index (χ3v) is 2.73. The first-order valence-corrected chi connectivity index (χ1v) is 6.28. The van der Waals surface area contributed by atoms with Gasteiger partial charge in [-0.3, -0.25) is 4.79 Å². The first-order chi connectivity index (χ1) is 7.63. The smallest absolute Gasteiger partial charge is 0.326 e. The minimum absolute atomic E-state index is 0.260. The van der Waals surface area contributed by atoms with Gasteiger partial charge in [0.05, 0.1) is 4.43 Å². The molecule has 0 spiro atoms. The van der Waals surface area contributed by atoms with Gasteiger partial charge in [0.25, 0.3) is 0 Å². The predicted octanol–water partition coefficient (Wildman–Crippen LogP) is 1.23. The zero-order chi connectivity index (χ0) is 12.0. The molecule has 0 fully saturated rings. The normalized spacial score (nSPS) is 11.8. The molecule has 5 heteroatoms. The summed E-state index contributed by atoms with van der Waals surface area (Å²) >= 11 is 1.90. The molecule has 0 bridgehead atoms. The molecule has 0 aromatic heterocycles. The molecule has 86 valence electrons. The summed E-state index contributed by atoms with van der Waals surface area (Å²) in [4.78, 5) is 22.1. The van der Waals surface area contributed by atoms with Gasteiger partial charge in [-0.25, -0.2) is 4.79 Å². The van der Waals surface area contributed by atoms with Crippen LogP contribution in [0.25, 0.3) is 0 Å². The molecule has 0 aliphatic carbocycles. The van der Waals surface area contributed by atoms with Crippen LogP contribution in [0.15, 0.2) is 30.3 Å². The van der Waals surface area contributed by atoms with Gasteiger partial charge in [-0.05, 0) is 5.56 Å². The number of rotatable bonds is 5. The monoisotopic (exact) mass is 333 g/mol. The average molecular weight is 333 g/mol. The van der Waals surface area contributed by atoms with Crippen molar-refractivity contribution in [3.63, 3.8) is 0 Å². The lowest BCUT2D eigenvalue weighted by Gasteiger charge is -2.13. The SMILES string of the molecule is O=C(CI)N[C@@H](Cc1ccccc1)C(=O)O. The van der Waals surface area contributed by atoms with E-state index in [1.807, 2.05) is 52.9 Å². The standard InChI is InChI=1S/C11H12INO3/c12-7-10(14)13-9(11(15)16)6-8-4-2-1-3-5-8/h1-5,9H,6-7H2,(H,13,14)(H,15,16)/t9-/m0/s1. The zero-order valence-electron chi connectivity index (χ0n) is 8.52. The summed E-state index contributed by atoms with van der Waals surface area (Å²) < 4.78 is 0.260. The van der Waals surface area contributed by atoms with Gasteiger partial charge in [-0.2, -0.15) is 0 Å². The van der Waals surface area contributed by atoms with Crippen molar-refractivity contribution in [2.24, 2.45) is 0 Å². The summed E-state index contributed by atoms with van der Waals surface area (Å²) in [6.45, 7) is 0. The Kier molecular flexibility index (Phi) is 5.24. The second-order valence-electron chi connectivity index (χ2n) is 3.28. The Morgan fingerprint density at radius 2 is 1.94 bits per heavy atom. The molecule has 1 amide bonds. The molecule has 0 aliphatic heterocycles. The quantitative estimate of drug-likeness (QED) is 0.629. The molecule has 2 N–H and O–H groups in total. The lowest BCUT2D eigenvalue weighted by atomic mass is 10.1. The van der Waals surface area contributed by atoms with Gasteiger partial charge >= 0.3 is 5.97 Å². The fraction of sp³-hybridized carbons (Fsp3) is 0.273. The van der Waals surface area contributed by atoms with E-state index in [0.717, 1.165) is 5.56 Å². The van der Waals surface area contributed by atoms with Crippen LogP contribution >= 0.6 is 22.6 Å². The van der Waals surface area contributed by atoms with Gasteiger partial charge in [-0.1, -0.05) is 52.9 Å². The van der Waals surface area contributed by atoms with Crippen LogP contribution < -0.4 is 5.32 Å². The number of halogens is 1. The summed E-state index contributed by atoms with van der Waals surface area (Å²) in [6.07, 6.45) is 0.304. The van der Waals surface area contributed by atoms with Crippen molar-refractivity contribution < 1.29 is 14.7 Å². The predicted molar refractivity (Wildman–Crippen MR) is 68.6 cm³/mol. The van der Waals surface area contributed by atoms with Gasteiger partial charge in [0, 0.05) is 6.42 Å². The highest BCUT2D eigenvalue weighted by atomic mass is 127. The van der Waals surface area contributed by atoms with E-state index in [9.17, 15) is 9.59 Å². The lowest BCUT2D eigenvalue weighted by molar-refractivity contribution is -0.141. The van der Waals surface area contributed by atoms with Crippen LogP contribution in [0.5, 0.6) is 0 Å². The van der Waals surface area contributed by atoms with Crippen LogP contribution in [-0.2, 0) is 16.0 Å². The van der Waals surface area contributed by atoms with E-state index in [1.165, 1.54) is 0 Å². The number of aliphatic carboxylic acids is 1. The number of carbonyl (C=O) groups is 2. The van der Waals surface area contributed by atoms with E-state index in [2.05, 4.69) is 5.32 Å². The molecule has 0 radical (unpaired) electrons. The molecule has 0 aliphatic rings. The molecule has 0 saturated carbocycles. The minimum Gasteiger partial charge on any atom is -0.480 e. The van der Waals surface area contributed by atoms with Crippen LogP contribution in [0, 0.1) is 0 Å². The van der Waals surface area contributed by atoms with E-state index in [1.54, 1.807) is 0 Å². The average Bonchev–Trinajstić information content (AvgIpc) is 2.29. The number of amides is 1. The van der Waals surface area contributed by atoms with Crippen molar-refractivity contribution in [1.82, 2.24) is 5.32 Å².